The molecule has 0 spiro atoms. The van der Waals surface area contributed by atoms with Crippen molar-refractivity contribution in [3.05, 3.63) is 48.1 Å². The summed E-state index contributed by atoms with van der Waals surface area (Å²) in [6.45, 7) is 15.3. The maximum Gasteiger partial charge on any atom is 0.0234 e. The fourth-order valence-corrected chi connectivity index (χ4v) is 1.98. The highest BCUT2D eigenvalue weighted by atomic mass is 15.1. The van der Waals surface area contributed by atoms with Crippen LogP contribution >= 0.6 is 0 Å². The van der Waals surface area contributed by atoms with E-state index in [1.165, 1.54) is 12.0 Å². The van der Waals surface area contributed by atoms with E-state index in [9.17, 15) is 0 Å². The van der Waals surface area contributed by atoms with Crippen LogP contribution in [0.4, 0.5) is 0 Å². The van der Waals surface area contributed by atoms with Crippen LogP contribution in [0.3, 0.4) is 0 Å². The predicted molar refractivity (Wildman–Crippen MR) is 67.9 cm³/mol. The summed E-state index contributed by atoms with van der Waals surface area (Å²) in [5, 5.41) is 0. The van der Waals surface area contributed by atoms with E-state index in [1.807, 2.05) is 12.2 Å². The molecule has 1 aliphatic heterocycles. The standard InChI is InChI=1S/C14H21N/c1-5-7-8-12(3)9-15-10-13(4)14(6-2)11-15/h5,7-8H,1,3,6,9-11H2,2,4H3/b8-7-. The Hall–Kier alpha value is -1.08. The summed E-state index contributed by atoms with van der Waals surface area (Å²) in [7, 11) is 0. The average molecular weight is 203 g/mol. The smallest absolute Gasteiger partial charge is 0.0234 e. The minimum Gasteiger partial charge on any atom is -0.291 e. The number of hydrogen-bond acceptors (Lipinski definition) is 1. The maximum absolute atomic E-state index is 4.04. The van der Waals surface area contributed by atoms with Gasteiger partial charge in [-0.25, -0.2) is 0 Å². The van der Waals surface area contributed by atoms with Gasteiger partial charge in [0.1, 0.15) is 0 Å². The molecule has 0 unspecified atom stereocenters. The minimum absolute atomic E-state index is 0.963. The Balaban J connectivity index is 2.41. The molecule has 1 aliphatic rings. The number of nitrogens with zero attached hydrogens (tertiary/aromatic N) is 1. The van der Waals surface area contributed by atoms with Gasteiger partial charge in [-0.15, -0.1) is 0 Å². The molecule has 0 aromatic rings. The Labute approximate surface area is 93.5 Å². The van der Waals surface area contributed by atoms with E-state index in [0.717, 1.165) is 25.2 Å². The second-order valence-electron chi connectivity index (χ2n) is 4.14. The van der Waals surface area contributed by atoms with Crippen LogP contribution in [0.15, 0.2) is 48.1 Å². The molecule has 0 radical (unpaired) electrons. The van der Waals surface area contributed by atoms with Gasteiger partial charge in [0.05, 0.1) is 0 Å². The summed E-state index contributed by atoms with van der Waals surface area (Å²) < 4.78 is 0. The van der Waals surface area contributed by atoms with E-state index < -0.39 is 0 Å². The molecule has 0 aliphatic carbocycles. The summed E-state index contributed by atoms with van der Waals surface area (Å²) in [5.41, 5.74) is 4.29. The SMILES string of the molecule is C=C/C=C\C(=C)CN1CC(C)=C(CC)C1. The zero-order chi connectivity index (χ0) is 11.3. The highest BCUT2D eigenvalue weighted by molar-refractivity contribution is 5.25. The lowest BCUT2D eigenvalue weighted by atomic mass is 10.1. The molecule has 0 amide bonds. The average Bonchev–Trinajstić information content (AvgIpc) is 2.55. The Kier molecular flexibility index (Phi) is 4.57. The molecular formula is C14H21N. The summed E-state index contributed by atoms with van der Waals surface area (Å²) in [6.07, 6.45) is 6.94. The maximum atomic E-state index is 4.04. The Morgan fingerprint density at radius 2 is 2.20 bits per heavy atom. The lowest BCUT2D eigenvalue weighted by Gasteiger charge is -2.15. The predicted octanol–water partition coefficient (Wildman–Crippen LogP) is 3.33. The van der Waals surface area contributed by atoms with Gasteiger partial charge < -0.3 is 0 Å². The first-order valence-corrected chi connectivity index (χ1v) is 5.54. The first kappa shape index (κ1) is 12.0. The quantitative estimate of drug-likeness (QED) is 0.489. The molecule has 1 rings (SSSR count). The van der Waals surface area contributed by atoms with Gasteiger partial charge in [-0.1, -0.05) is 49.5 Å². The van der Waals surface area contributed by atoms with Crippen molar-refractivity contribution < 1.29 is 0 Å². The van der Waals surface area contributed by atoms with Crippen molar-refractivity contribution >= 4 is 0 Å². The van der Waals surface area contributed by atoms with E-state index in [2.05, 4.69) is 31.9 Å². The molecule has 0 N–H and O–H groups in total. The van der Waals surface area contributed by atoms with Crippen LogP contribution in [0.25, 0.3) is 0 Å². The van der Waals surface area contributed by atoms with Crippen LogP contribution in [0.5, 0.6) is 0 Å². The zero-order valence-electron chi connectivity index (χ0n) is 9.92. The molecule has 0 bridgehead atoms. The van der Waals surface area contributed by atoms with Gasteiger partial charge in [0.25, 0.3) is 0 Å². The molecule has 82 valence electrons. The molecular weight excluding hydrogens is 182 g/mol. The topological polar surface area (TPSA) is 3.24 Å². The monoisotopic (exact) mass is 203 g/mol. The fraction of sp³-hybridized carbons (Fsp3) is 0.429. The molecule has 1 heterocycles. The molecule has 0 atom stereocenters. The van der Waals surface area contributed by atoms with Crippen LogP contribution < -0.4 is 0 Å². The first-order valence-electron chi connectivity index (χ1n) is 5.54. The summed E-state index contributed by atoms with van der Waals surface area (Å²) in [4.78, 5) is 2.43. The molecule has 0 fully saturated rings. The summed E-state index contributed by atoms with van der Waals surface area (Å²) in [6, 6.07) is 0. The van der Waals surface area contributed by atoms with Gasteiger partial charge in [0.2, 0.25) is 0 Å². The molecule has 0 saturated carbocycles. The first-order chi connectivity index (χ1) is 7.17. The third kappa shape index (κ3) is 3.52. The summed E-state index contributed by atoms with van der Waals surface area (Å²) >= 11 is 0. The second-order valence-corrected chi connectivity index (χ2v) is 4.14. The largest absolute Gasteiger partial charge is 0.291 e. The van der Waals surface area contributed by atoms with Crippen LogP contribution in [0, 0.1) is 0 Å². The number of rotatable bonds is 5. The molecule has 0 aromatic heterocycles. The summed E-state index contributed by atoms with van der Waals surface area (Å²) in [5.74, 6) is 0. The lowest BCUT2D eigenvalue weighted by Crippen LogP contribution is -2.23. The van der Waals surface area contributed by atoms with Crippen molar-refractivity contribution in [2.75, 3.05) is 19.6 Å². The van der Waals surface area contributed by atoms with Crippen molar-refractivity contribution in [2.45, 2.75) is 20.3 Å². The Morgan fingerprint density at radius 1 is 1.47 bits per heavy atom. The van der Waals surface area contributed by atoms with Gasteiger partial charge in [-0.3, -0.25) is 4.90 Å². The number of allylic oxidation sites excluding steroid dienone is 2. The van der Waals surface area contributed by atoms with Crippen LogP contribution in [-0.2, 0) is 0 Å². The van der Waals surface area contributed by atoms with E-state index in [0.29, 0.717) is 0 Å². The van der Waals surface area contributed by atoms with Crippen LogP contribution in [-0.4, -0.2) is 24.5 Å². The molecule has 0 saturated heterocycles. The van der Waals surface area contributed by atoms with Crippen molar-refractivity contribution in [2.24, 2.45) is 0 Å². The highest BCUT2D eigenvalue weighted by Gasteiger charge is 2.17. The van der Waals surface area contributed by atoms with Gasteiger partial charge in [-0.2, -0.15) is 0 Å². The van der Waals surface area contributed by atoms with Gasteiger partial charge in [0.15, 0.2) is 0 Å². The van der Waals surface area contributed by atoms with E-state index in [4.69, 9.17) is 0 Å². The molecule has 0 aromatic carbocycles. The third-order valence-corrected chi connectivity index (χ3v) is 2.80. The second kappa shape index (κ2) is 5.72. The molecule has 15 heavy (non-hydrogen) atoms. The van der Waals surface area contributed by atoms with Gasteiger partial charge >= 0.3 is 0 Å². The van der Waals surface area contributed by atoms with Crippen molar-refractivity contribution in [3.8, 4) is 0 Å². The third-order valence-electron chi connectivity index (χ3n) is 2.80. The number of hydrogen-bond donors (Lipinski definition) is 0. The van der Waals surface area contributed by atoms with E-state index in [-0.39, 0.29) is 0 Å². The molecule has 1 heteroatoms. The normalized spacial score (nSPS) is 17.7. The highest BCUT2D eigenvalue weighted by Crippen LogP contribution is 2.20. The molecule has 1 nitrogen and oxygen atoms in total. The van der Waals surface area contributed by atoms with Gasteiger partial charge in [-0.05, 0) is 18.9 Å². The zero-order valence-corrected chi connectivity index (χ0v) is 9.92. The van der Waals surface area contributed by atoms with E-state index in [1.54, 1.807) is 11.6 Å². The van der Waals surface area contributed by atoms with Crippen molar-refractivity contribution in [3.63, 3.8) is 0 Å². The Bertz CT molecular complexity index is 307. The van der Waals surface area contributed by atoms with Crippen molar-refractivity contribution in [1.82, 2.24) is 4.90 Å². The van der Waals surface area contributed by atoms with Gasteiger partial charge in [0, 0.05) is 19.6 Å². The fourth-order valence-electron chi connectivity index (χ4n) is 1.98. The van der Waals surface area contributed by atoms with E-state index >= 15 is 0 Å². The van der Waals surface area contributed by atoms with Crippen LogP contribution in [0.2, 0.25) is 0 Å². The lowest BCUT2D eigenvalue weighted by molar-refractivity contribution is 0.376. The minimum atomic E-state index is 0.963. The van der Waals surface area contributed by atoms with Crippen LogP contribution in [0.1, 0.15) is 20.3 Å². The van der Waals surface area contributed by atoms with Crippen molar-refractivity contribution in [1.29, 1.82) is 0 Å². The Morgan fingerprint density at radius 3 is 2.73 bits per heavy atom.